The third-order valence-electron chi connectivity index (χ3n) is 9.29. The van der Waals surface area contributed by atoms with Gasteiger partial charge in [-0.2, -0.15) is 0 Å². The van der Waals surface area contributed by atoms with E-state index in [0.29, 0.717) is 18.0 Å². The molecule has 0 aromatic carbocycles. The van der Waals surface area contributed by atoms with Gasteiger partial charge in [-0.1, -0.05) is 13.3 Å². The van der Waals surface area contributed by atoms with Crippen LogP contribution in [-0.4, -0.2) is 61.8 Å². The predicted octanol–water partition coefficient (Wildman–Crippen LogP) is 3.19. The molecule has 2 aliphatic heterocycles. The number of fused-ring (bicyclic) bond motifs is 2. The maximum absolute atomic E-state index is 13.1. The average molecular weight is 418 g/mol. The summed E-state index contributed by atoms with van der Waals surface area (Å²) in [6, 6.07) is 1.03. The maximum Gasteiger partial charge on any atom is 0.237 e. The van der Waals surface area contributed by atoms with Gasteiger partial charge in [-0.05, 0) is 87.4 Å². The van der Waals surface area contributed by atoms with Crippen LogP contribution in [0.4, 0.5) is 0 Å². The normalized spacial score (nSPS) is 44.8. The molecule has 2 saturated heterocycles. The van der Waals surface area contributed by atoms with Crippen LogP contribution in [0.15, 0.2) is 0 Å². The molecule has 5 aliphatic rings. The Bertz CT molecular complexity index is 593. The summed E-state index contributed by atoms with van der Waals surface area (Å²) in [6.45, 7) is 7.65. The molecule has 8 atom stereocenters. The molecule has 0 aromatic heterocycles. The van der Waals surface area contributed by atoms with Crippen LogP contribution in [0.2, 0.25) is 0 Å². The lowest BCUT2D eigenvalue weighted by Crippen LogP contribution is -2.50. The van der Waals surface area contributed by atoms with Crippen molar-refractivity contribution in [3.05, 3.63) is 0 Å². The van der Waals surface area contributed by atoms with Crippen LogP contribution in [0.1, 0.15) is 71.1 Å². The van der Waals surface area contributed by atoms with Crippen LogP contribution in [0.3, 0.4) is 0 Å². The van der Waals surface area contributed by atoms with Crippen molar-refractivity contribution < 1.29 is 9.53 Å². The molecule has 2 N–H and O–H groups in total. The van der Waals surface area contributed by atoms with Gasteiger partial charge in [-0.15, -0.1) is 0 Å². The van der Waals surface area contributed by atoms with Crippen LogP contribution < -0.4 is 10.6 Å². The van der Waals surface area contributed by atoms with Crippen molar-refractivity contribution in [3.8, 4) is 0 Å². The van der Waals surface area contributed by atoms with Crippen molar-refractivity contribution in [1.29, 1.82) is 0 Å². The molecule has 5 rings (SSSR count). The van der Waals surface area contributed by atoms with Gasteiger partial charge in [0.15, 0.2) is 0 Å². The van der Waals surface area contributed by atoms with Gasteiger partial charge in [0.25, 0.3) is 0 Å². The van der Waals surface area contributed by atoms with Crippen molar-refractivity contribution in [2.45, 2.75) is 89.3 Å². The molecule has 3 aliphatic carbocycles. The van der Waals surface area contributed by atoms with Gasteiger partial charge in [-0.3, -0.25) is 9.69 Å². The van der Waals surface area contributed by atoms with Crippen LogP contribution in [0.25, 0.3) is 0 Å². The van der Waals surface area contributed by atoms with Gasteiger partial charge in [0, 0.05) is 31.7 Å². The largest absolute Gasteiger partial charge is 0.379 e. The second-order valence-corrected chi connectivity index (χ2v) is 11.3. The molecule has 30 heavy (non-hydrogen) atoms. The number of rotatable bonds is 4. The molecule has 8 unspecified atom stereocenters. The molecule has 0 spiro atoms. The van der Waals surface area contributed by atoms with Crippen LogP contribution in [-0.2, 0) is 9.53 Å². The third kappa shape index (κ3) is 4.73. The Morgan fingerprint density at radius 2 is 1.80 bits per heavy atom. The summed E-state index contributed by atoms with van der Waals surface area (Å²) in [6.07, 6.45) is 12.9. The highest BCUT2D eigenvalue weighted by Crippen LogP contribution is 2.43. The van der Waals surface area contributed by atoms with Crippen molar-refractivity contribution in [2.24, 2.45) is 29.6 Å². The van der Waals surface area contributed by atoms with E-state index in [1.807, 2.05) is 0 Å². The molecule has 0 aromatic rings. The number of carbonyl (C=O) groups excluding carboxylic acids is 1. The second kappa shape index (κ2) is 9.46. The molecule has 0 bridgehead atoms. The van der Waals surface area contributed by atoms with Gasteiger partial charge in [0.05, 0.1) is 19.3 Å². The number of amides is 1. The zero-order chi connectivity index (χ0) is 20.5. The summed E-state index contributed by atoms with van der Waals surface area (Å²) in [5.41, 5.74) is 0. The van der Waals surface area contributed by atoms with Gasteiger partial charge in [0.2, 0.25) is 5.91 Å². The van der Waals surface area contributed by atoms with E-state index >= 15 is 0 Å². The summed E-state index contributed by atoms with van der Waals surface area (Å²) >= 11 is 0. The summed E-state index contributed by atoms with van der Waals surface area (Å²) in [5, 5.41) is 7.20. The average Bonchev–Trinajstić information content (AvgIpc) is 3.20. The number of hydrogen-bond acceptors (Lipinski definition) is 4. The topological polar surface area (TPSA) is 53.6 Å². The van der Waals surface area contributed by atoms with Crippen LogP contribution in [0.5, 0.6) is 0 Å². The summed E-state index contributed by atoms with van der Waals surface area (Å²) in [4.78, 5) is 15.7. The van der Waals surface area contributed by atoms with E-state index < -0.39 is 0 Å². The smallest absolute Gasteiger partial charge is 0.237 e. The molecule has 5 nitrogen and oxygen atoms in total. The Morgan fingerprint density at radius 3 is 2.63 bits per heavy atom. The monoisotopic (exact) mass is 417 g/mol. The lowest BCUT2D eigenvalue weighted by atomic mass is 9.66. The Labute approximate surface area is 183 Å². The molecule has 0 radical (unpaired) electrons. The van der Waals surface area contributed by atoms with E-state index in [0.717, 1.165) is 62.3 Å². The Balaban J connectivity index is 1.10. The first-order chi connectivity index (χ1) is 14.7. The molecule has 3 saturated carbocycles. The number of nitrogens with zero attached hydrogens (tertiary/aromatic N) is 1. The second-order valence-electron chi connectivity index (χ2n) is 11.3. The quantitative estimate of drug-likeness (QED) is 0.738. The first-order valence-electron chi connectivity index (χ1n) is 13.0. The molecule has 5 fully saturated rings. The van der Waals surface area contributed by atoms with E-state index in [1.54, 1.807) is 0 Å². The first-order valence-corrected chi connectivity index (χ1v) is 13.0. The minimum absolute atomic E-state index is 0.0544. The Morgan fingerprint density at radius 1 is 0.967 bits per heavy atom. The van der Waals surface area contributed by atoms with Crippen molar-refractivity contribution >= 4 is 5.91 Å². The Hall–Kier alpha value is -0.650. The summed E-state index contributed by atoms with van der Waals surface area (Å²) < 4.78 is 5.52. The SMILES string of the molecule is CC1CCCC2CC(C(=O)NC3CCC4CCC(CN5CCOCC5)CC4C3)NC12. The number of ether oxygens (including phenoxy) is 1. The maximum atomic E-state index is 13.1. The highest BCUT2D eigenvalue weighted by molar-refractivity contribution is 5.82. The molecule has 170 valence electrons. The minimum atomic E-state index is 0.0544. The van der Waals surface area contributed by atoms with Gasteiger partial charge < -0.3 is 15.4 Å². The minimum Gasteiger partial charge on any atom is -0.379 e. The third-order valence-corrected chi connectivity index (χ3v) is 9.29. The highest BCUT2D eigenvalue weighted by Gasteiger charge is 2.42. The molecular weight excluding hydrogens is 374 g/mol. The number of carbonyl (C=O) groups is 1. The van der Waals surface area contributed by atoms with E-state index in [1.165, 1.54) is 64.3 Å². The zero-order valence-electron chi connectivity index (χ0n) is 19.0. The van der Waals surface area contributed by atoms with Gasteiger partial charge in [0.1, 0.15) is 0 Å². The fourth-order valence-corrected chi connectivity index (χ4v) is 7.62. The molecular formula is C25H43N3O2. The van der Waals surface area contributed by atoms with Crippen molar-refractivity contribution in [2.75, 3.05) is 32.8 Å². The van der Waals surface area contributed by atoms with E-state index in [4.69, 9.17) is 4.74 Å². The standard InChI is InChI=1S/C25H43N3O2/c1-17-3-2-4-20-15-23(27-24(17)20)25(29)26-22-8-7-19-6-5-18(13-21(19)14-22)16-28-9-11-30-12-10-28/h17-24,27H,2-16H2,1H3,(H,26,29). The highest BCUT2D eigenvalue weighted by atomic mass is 16.5. The fourth-order valence-electron chi connectivity index (χ4n) is 7.62. The fraction of sp³-hybridized carbons (Fsp3) is 0.960. The summed E-state index contributed by atoms with van der Waals surface area (Å²) in [5.74, 6) is 4.32. The predicted molar refractivity (Wildman–Crippen MR) is 119 cm³/mol. The van der Waals surface area contributed by atoms with E-state index in [2.05, 4.69) is 22.5 Å². The molecule has 5 heteroatoms. The molecule has 1 amide bonds. The van der Waals surface area contributed by atoms with Gasteiger partial charge >= 0.3 is 0 Å². The lowest BCUT2D eigenvalue weighted by molar-refractivity contribution is -0.124. The van der Waals surface area contributed by atoms with Crippen molar-refractivity contribution in [1.82, 2.24) is 15.5 Å². The van der Waals surface area contributed by atoms with E-state index in [9.17, 15) is 4.79 Å². The van der Waals surface area contributed by atoms with Crippen molar-refractivity contribution in [3.63, 3.8) is 0 Å². The van der Waals surface area contributed by atoms with Crippen LogP contribution in [0, 0.1) is 29.6 Å². The number of hydrogen-bond donors (Lipinski definition) is 2. The van der Waals surface area contributed by atoms with E-state index in [-0.39, 0.29) is 6.04 Å². The number of morpholine rings is 1. The lowest BCUT2D eigenvalue weighted by Gasteiger charge is -2.43. The number of nitrogens with one attached hydrogen (secondary N) is 2. The van der Waals surface area contributed by atoms with Gasteiger partial charge in [-0.25, -0.2) is 0 Å². The summed E-state index contributed by atoms with van der Waals surface area (Å²) in [7, 11) is 0. The van der Waals surface area contributed by atoms with Crippen LogP contribution >= 0.6 is 0 Å². The molecule has 2 heterocycles. The zero-order valence-corrected chi connectivity index (χ0v) is 19.0. The Kier molecular flexibility index (Phi) is 6.69. The first kappa shape index (κ1) is 21.2.